The van der Waals surface area contributed by atoms with Gasteiger partial charge in [-0.2, -0.15) is 0 Å². The molecule has 4 fully saturated rings. The van der Waals surface area contributed by atoms with E-state index in [4.69, 9.17) is 33.2 Å². The minimum Gasteiger partial charge on any atom is -0.493 e. The zero-order valence-corrected chi connectivity index (χ0v) is 17.8. The molecule has 0 N–H and O–H groups in total. The number of rotatable bonds is 5. The Balaban J connectivity index is 1.62. The lowest BCUT2D eigenvalue weighted by Crippen LogP contribution is -2.58. The molecule has 8 heteroatoms. The first kappa shape index (κ1) is 19.9. The molecule has 0 aromatic heterocycles. The molecule has 1 saturated carbocycles. The molecule has 1 unspecified atom stereocenters. The summed E-state index contributed by atoms with van der Waals surface area (Å²) in [6, 6.07) is 3.89. The highest BCUT2D eigenvalue weighted by molar-refractivity contribution is 5.66. The van der Waals surface area contributed by atoms with Gasteiger partial charge in [-0.05, 0) is 30.5 Å². The first-order valence-corrected chi connectivity index (χ1v) is 10.4. The quantitative estimate of drug-likeness (QED) is 0.672. The van der Waals surface area contributed by atoms with E-state index in [1.165, 1.54) is 6.92 Å². The van der Waals surface area contributed by atoms with Crippen LogP contribution >= 0.6 is 0 Å². The molecule has 1 spiro atoms. The Morgan fingerprint density at radius 2 is 1.73 bits per heavy atom. The maximum Gasteiger partial charge on any atom is 0.305 e. The number of methoxy groups -OCH3 is 3. The monoisotopic (exact) mass is 420 g/mol. The lowest BCUT2D eigenvalue weighted by molar-refractivity contribution is -0.341. The number of benzene rings is 1. The van der Waals surface area contributed by atoms with E-state index in [1.54, 1.807) is 21.3 Å². The van der Waals surface area contributed by atoms with Crippen LogP contribution in [0.3, 0.4) is 0 Å². The second kappa shape index (κ2) is 7.00. The van der Waals surface area contributed by atoms with E-state index in [0.717, 1.165) is 31.2 Å². The molecule has 2 bridgehead atoms. The van der Waals surface area contributed by atoms with Crippen LogP contribution in [-0.2, 0) is 23.7 Å². The number of esters is 1. The Kier molecular flexibility index (Phi) is 4.65. The molecular formula is C22H28O8. The smallest absolute Gasteiger partial charge is 0.305 e. The molecule has 1 aromatic rings. The van der Waals surface area contributed by atoms with Gasteiger partial charge < -0.3 is 33.2 Å². The fourth-order valence-corrected chi connectivity index (χ4v) is 6.14. The van der Waals surface area contributed by atoms with Crippen molar-refractivity contribution in [1.82, 2.24) is 0 Å². The number of carbonyl (C=O) groups is 1. The Bertz CT molecular complexity index is 831. The first-order valence-electron chi connectivity index (χ1n) is 10.4. The fraction of sp³-hybridized carbons (Fsp3) is 0.682. The second-order valence-electron chi connectivity index (χ2n) is 8.51. The molecule has 0 radical (unpaired) electrons. The number of hydrogen-bond donors (Lipinski definition) is 0. The van der Waals surface area contributed by atoms with Gasteiger partial charge in [0, 0.05) is 18.8 Å². The summed E-state index contributed by atoms with van der Waals surface area (Å²) in [6.07, 6.45) is 2.73. The fourth-order valence-electron chi connectivity index (χ4n) is 6.14. The van der Waals surface area contributed by atoms with E-state index < -0.39 is 24.3 Å². The molecular weight excluding hydrogens is 392 g/mol. The summed E-state index contributed by atoms with van der Waals surface area (Å²) >= 11 is 0. The van der Waals surface area contributed by atoms with Crippen LogP contribution in [0.15, 0.2) is 12.1 Å². The zero-order chi connectivity index (χ0) is 21.1. The first-order chi connectivity index (χ1) is 14.5. The highest BCUT2D eigenvalue weighted by atomic mass is 16.8. The Morgan fingerprint density at radius 1 is 1.03 bits per heavy atom. The topological polar surface area (TPSA) is 81.7 Å². The van der Waals surface area contributed by atoms with Gasteiger partial charge in [0.15, 0.2) is 23.9 Å². The third-order valence-corrected chi connectivity index (χ3v) is 7.19. The Morgan fingerprint density at radius 3 is 2.37 bits per heavy atom. The van der Waals surface area contributed by atoms with E-state index in [1.807, 2.05) is 12.1 Å². The van der Waals surface area contributed by atoms with Gasteiger partial charge >= 0.3 is 5.97 Å². The normalized spacial score (nSPS) is 38.7. The molecule has 3 heterocycles. The van der Waals surface area contributed by atoms with E-state index in [9.17, 15) is 4.79 Å². The van der Waals surface area contributed by atoms with Crippen molar-refractivity contribution in [2.75, 3.05) is 21.3 Å². The molecule has 0 amide bonds. The molecule has 3 saturated heterocycles. The van der Waals surface area contributed by atoms with Crippen molar-refractivity contribution in [1.29, 1.82) is 0 Å². The summed E-state index contributed by atoms with van der Waals surface area (Å²) in [5, 5.41) is 0. The average molecular weight is 420 g/mol. The van der Waals surface area contributed by atoms with E-state index >= 15 is 0 Å². The van der Waals surface area contributed by atoms with Crippen LogP contribution in [0, 0.1) is 5.41 Å². The predicted octanol–water partition coefficient (Wildman–Crippen LogP) is 3.12. The van der Waals surface area contributed by atoms with Crippen molar-refractivity contribution in [2.45, 2.75) is 69.4 Å². The number of fused-ring (bicyclic) bond motifs is 1. The van der Waals surface area contributed by atoms with Crippen LogP contribution in [0.4, 0.5) is 0 Å². The van der Waals surface area contributed by atoms with Crippen LogP contribution in [0.25, 0.3) is 0 Å². The van der Waals surface area contributed by atoms with Crippen molar-refractivity contribution < 1.29 is 38.0 Å². The molecule has 30 heavy (non-hydrogen) atoms. The second-order valence-corrected chi connectivity index (χ2v) is 8.51. The zero-order valence-electron chi connectivity index (χ0n) is 17.8. The molecule has 8 nitrogen and oxygen atoms in total. The van der Waals surface area contributed by atoms with E-state index in [2.05, 4.69) is 0 Å². The Hall–Kier alpha value is -2.03. The van der Waals surface area contributed by atoms with Gasteiger partial charge in [-0.1, -0.05) is 12.8 Å². The summed E-state index contributed by atoms with van der Waals surface area (Å²) < 4.78 is 41.2. The van der Waals surface area contributed by atoms with Crippen LogP contribution in [0.2, 0.25) is 0 Å². The summed E-state index contributed by atoms with van der Waals surface area (Å²) in [6.45, 7) is 1.39. The van der Waals surface area contributed by atoms with Crippen molar-refractivity contribution in [2.24, 2.45) is 5.41 Å². The largest absolute Gasteiger partial charge is 0.493 e. The number of hydrogen-bond acceptors (Lipinski definition) is 8. The van der Waals surface area contributed by atoms with Gasteiger partial charge in [0.05, 0.1) is 27.4 Å². The SMILES string of the molecule is COc1cc([C@@H]2OC3[C@H](OC(C)=O)O[C@H]4C[C@@]25CCCC[C@@]35O4)cc(OC)c1OC. The molecule has 3 aliphatic heterocycles. The summed E-state index contributed by atoms with van der Waals surface area (Å²) in [4.78, 5) is 11.7. The highest BCUT2D eigenvalue weighted by Gasteiger charge is 2.77. The van der Waals surface area contributed by atoms with E-state index in [0.29, 0.717) is 23.7 Å². The maximum absolute atomic E-state index is 11.7. The van der Waals surface area contributed by atoms with Crippen molar-refractivity contribution in [3.8, 4) is 17.2 Å². The van der Waals surface area contributed by atoms with Crippen molar-refractivity contribution in [3.63, 3.8) is 0 Å². The van der Waals surface area contributed by atoms with Gasteiger partial charge in [0.25, 0.3) is 0 Å². The average Bonchev–Trinajstić information content (AvgIpc) is 3.18. The van der Waals surface area contributed by atoms with Crippen LogP contribution in [-0.4, -0.2) is 51.6 Å². The van der Waals surface area contributed by atoms with Crippen LogP contribution < -0.4 is 14.2 Å². The summed E-state index contributed by atoms with van der Waals surface area (Å²) in [7, 11) is 4.79. The molecule has 164 valence electrons. The molecule has 1 aromatic carbocycles. The highest BCUT2D eigenvalue weighted by Crippen LogP contribution is 2.71. The molecule has 6 atom stereocenters. The van der Waals surface area contributed by atoms with Gasteiger partial charge in [-0.3, -0.25) is 4.79 Å². The lowest BCUT2D eigenvalue weighted by atomic mass is 9.59. The van der Waals surface area contributed by atoms with Gasteiger partial charge in [-0.25, -0.2) is 0 Å². The summed E-state index contributed by atoms with van der Waals surface area (Å²) in [5.41, 5.74) is 0.144. The summed E-state index contributed by atoms with van der Waals surface area (Å²) in [5.74, 6) is 1.31. The van der Waals surface area contributed by atoms with Gasteiger partial charge in [0.2, 0.25) is 12.0 Å². The van der Waals surface area contributed by atoms with Crippen molar-refractivity contribution in [3.05, 3.63) is 17.7 Å². The van der Waals surface area contributed by atoms with Gasteiger partial charge in [-0.15, -0.1) is 0 Å². The third-order valence-electron chi connectivity index (χ3n) is 7.19. The molecule has 4 aliphatic rings. The maximum atomic E-state index is 11.7. The number of carbonyl (C=O) groups excluding carboxylic acids is 1. The third kappa shape index (κ3) is 2.53. The van der Waals surface area contributed by atoms with Crippen LogP contribution in [0.5, 0.6) is 17.2 Å². The van der Waals surface area contributed by atoms with E-state index in [-0.39, 0.29) is 17.5 Å². The van der Waals surface area contributed by atoms with Crippen LogP contribution in [0.1, 0.15) is 50.7 Å². The molecule has 1 aliphatic carbocycles. The number of ether oxygens (including phenoxy) is 7. The lowest BCUT2D eigenvalue weighted by Gasteiger charge is -2.47. The molecule has 5 rings (SSSR count). The Labute approximate surface area is 175 Å². The van der Waals surface area contributed by atoms with Crippen molar-refractivity contribution >= 4 is 5.97 Å². The minimum atomic E-state index is -0.770. The standard InChI is InChI=1S/C22H28O8/c1-12(23)27-20-19-22-8-6-5-7-21(22,11-16(28-20)30-22)18(29-19)13-9-14(24-2)17(26-4)15(10-13)25-3/h9-10,16,18-20H,5-8,11H2,1-4H3/t16-,18+,19?,20-,21+,22-/m1/s1. The predicted molar refractivity (Wildman–Crippen MR) is 103 cm³/mol. The minimum absolute atomic E-state index is 0.261. The van der Waals surface area contributed by atoms with Gasteiger partial charge in [0.1, 0.15) is 5.60 Å².